The SMILES string of the molecule is COc1cc(C(=O)O[C@H](C)C(=O)NC(C)(C)C)cc(Br)c1O. The molecule has 0 aliphatic carbocycles. The summed E-state index contributed by atoms with van der Waals surface area (Å²) >= 11 is 3.12. The highest BCUT2D eigenvalue weighted by Crippen LogP contribution is 2.35. The van der Waals surface area contributed by atoms with Gasteiger partial charge in [0.25, 0.3) is 5.91 Å². The summed E-state index contributed by atoms with van der Waals surface area (Å²) in [4.78, 5) is 24.0. The average Bonchev–Trinajstić information content (AvgIpc) is 2.39. The van der Waals surface area contributed by atoms with Crippen molar-refractivity contribution in [2.45, 2.75) is 39.3 Å². The van der Waals surface area contributed by atoms with Gasteiger partial charge < -0.3 is 19.9 Å². The average molecular weight is 374 g/mol. The van der Waals surface area contributed by atoms with Crippen LogP contribution < -0.4 is 10.1 Å². The summed E-state index contributed by atoms with van der Waals surface area (Å²) in [5.74, 6) is -1.05. The number of rotatable bonds is 4. The molecule has 122 valence electrons. The van der Waals surface area contributed by atoms with Crippen molar-refractivity contribution in [2.75, 3.05) is 7.11 Å². The molecule has 0 heterocycles. The molecule has 1 rings (SSSR count). The van der Waals surface area contributed by atoms with Crippen molar-refractivity contribution in [1.29, 1.82) is 0 Å². The van der Waals surface area contributed by atoms with Crippen molar-refractivity contribution in [3.63, 3.8) is 0 Å². The van der Waals surface area contributed by atoms with Crippen LogP contribution in [0.3, 0.4) is 0 Å². The Bertz CT molecular complexity index is 580. The largest absolute Gasteiger partial charge is 0.503 e. The summed E-state index contributed by atoms with van der Waals surface area (Å²) in [6.45, 7) is 7.00. The quantitative estimate of drug-likeness (QED) is 0.792. The van der Waals surface area contributed by atoms with E-state index in [4.69, 9.17) is 9.47 Å². The summed E-state index contributed by atoms with van der Waals surface area (Å²) in [5.41, 5.74) is -0.250. The monoisotopic (exact) mass is 373 g/mol. The first kappa shape index (κ1) is 18.3. The maximum Gasteiger partial charge on any atom is 0.339 e. The summed E-state index contributed by atoms with van der Waals surface area (Å²) in [6.07, 6.45) is -0.940. The third-order valence-electron chi connectivity index (χ3n) is 2.64. The zero-order valence-electron chi connectivity index (χ0n) is 13.2. The molecule has 0 saturated heterocycles. The predicted octanol–water partition coefficient (Wildman–Crippen LogP) is 2.62. The second-order valence-corrected chi connectivity index (χ2v) is 6.65. The van der Waals surface area contributed by atoms with Crippen molar-refractivity contribution in [3.8, 4) is 11.5 Å². The fraction of sp³-hybridized carbons (Fsp3) is 0.467. The lowest BCUT2D eigenvalue weighted by molar-refractivity contribution is -0.130. The van der Waals surface area contributed by atoms with Gasteiger partial charge in [0, 0.05) is 5.54 Å². The van der Waals surface area contributed by atoms with Gasteiger partial charge in [-0.3, -0.25) is 4.79 Å². The zero-order chi connectivity index (χ0) is 17.1. The first-order valence-electron chi connectivity index (χ1n) is 6.64. The molecule has 1 aromatic rings. The molecule has 0 saturated carbocycles. The number of aromatic hydroxyl groups is 1. The van der Waals surface area contributed by atoms with Gasteiger partial charge >= 0.3 is 5.97 Å². The molecule has 0 spiro atoms. The number of esters is 1. The van der Waals surface area contributed by atoms with Gasteiger partial charge in [-0.2, -0.15) is 0 Å². The summed E-state index contributed by atoms with van der Waals surface area (Å²) in [6, 6.07) is 2.74. The van der Waals surface area contributed by atoms with E-state index in [1.165, 1.54) is 26.2 Å². The molecule has 0 fully saturated rings. The van der Waals surface area contributed by atoms with Crippen LogP contribution in [0.15, 0.2) is 16.6 Å². The highest BCUT2D eigenvalue weighted by atomic mass is 79.9. The number of hydrogen-bond donors (Lipinski definition) is 2. The number of methoxy groups -OCH3 is 1. The topological polar surface area (TPSA) is 84.9 Å². The van der Waals surface area contributed by atoms with Gasteiger partial charge in [-0.15, -0.1) is 0 Å². The van der Waals surface area contributed by atoms with Crippen molar-refractivity contribution >= 4 is 27.8 Å². The second-order valence-electron chi connectivity index (χ2n) is 5.80. The lowest BCUT2D eigenvalue weighted by atomic mass is 10.1. The first-order valence-corrected chi connectivity index (χ1v) is 7.44. The van der Waals surface area contributed by atoms with E-state index < -0.39 is 17.6 Å². The Morgan fingerprint density at radius 3 is 2.41 bits per heavy atom. The van der Waals surface area contributed by atoms with E-state index >= 15 is 0 Å². The third kappa shape index (κ3) is 4.91. The minimum Gasteiger partial charge on any atom is -0.503 e. The minimum absolute atomic E-state index is 0.113. The standard InChI is InChI=1S/C15H20BrNO5/c1-8(13(19)17-15(2,3)4)22-14(20)9-6-10(16)12(18)11(7-9)21-5/h6-8,18H,1-5H3,(H,17,19)/t8-/m1/s1. The van der Waals surface area contributed by atoms with Gasteiger partial charge in [0.2, 0.25) is 0 Å². The molecule has 1 amide bonds. The Balaban J connectivity index is 2.85. The lowest BCUT2D eigenvalue weighted by Gasteiger charge is -2.23. The summed E-state index contributed by atoms with van der Waals surface area (Å²) < 4.78 is 10.4. The maximum atomic E-state index is 12.1. The summed E-state index contributed by atoms with van der Waals surface area (Å²) in [5, 5.41) is 12.4. The maximum absolute atomic E-state index is 12.1. The van der Waals surface area contributed by atoms with Gasteiger partial charge in [0.15, 0.2) is 17.6 Å². The predicted molar refractivity (Wildman–Crippen MR) is 85.1 cm³/mol. The molecular formula is C15H20BrNO5. The number of amides is 1. The van der Waals surface area contributed by atoms with Crippen molar-refractivity contribution < 1.29 is 24.2 Å². The van der Waals surface area contributed by atoms with Crippen LogP contribution in [0, 0.1) is 0 Å². The second kappa shape index (κ2) is 7.00. The van der Waals surface area contributed by atoms with Crippen LogP contribution in [0.25, 0.3) is 0 Å². The minimum atomic E-state index is -0.940. The molecule has 1 aromatic carbocycles. The highest BCUT2D eigenvalue weighted by Gasteiger charge is 2.24. The molecule has 0 radical (unpaired) electrons. The van der Waals surface area contributed by atoms with Crippen LogP contribution in [0.1, 0.15) is 38.1 Å². The Kier molecular flexibility index (Phi) is 5.82. The molecule has 22 heavy (non-hydrogen) atoms. The van der Waals surface area contributed by atoms with E-state index in [1.807, 2.05) is 20.8 Å². The van der Waals surface area contributed by atoms with E-state index in [-0.39, 0.29) is 23.0 Å². The Hall–Kier alpha value is -1.76. The van der Waals surface area contributed by atoms with E-state index in [2.05, 4.69) is 21.2 Å². The Labute approximate surface area is 137 Å². The highest BCUT2D eigenvalue weighted by molar-refractivity contribution is 9.10. The van der Waals surface area contributed by atoms with Crippen molar-refractivity contribution in [2.24, 2.45) is 0 Å². The van der Waals surface area contributed by atoms with Gasteiger partial charge in [-0.25, -0.2) is 4.79 Å². The number of hydrogen-bond acceptors (Lipinski definition) is 5. The zero-order valence-corrected chi connectivity index (χ0v) is 14.8. The first-order chi connectivity index (χ1) is 10.0. The molecular weight excluding hydrogens is 354 g/mol. The van der Waals surface area contributed by atoms with E-state index in [0.717, 1.165) is 0 Å². The van der Waals surface area contributed by atoms with E-state index in [1.54, 1.807) is 0 Å². The number of nitrogens with one attached hydrogen (secondary N) is 1. The number of carbonyl (C=O) groups is 2. The van der Waals surface area contributed by atoms with Crippen LogP contribution in [0.5, 0.6) is 11.5 Å². The van der Waals surface area contributed by atoms with Crippen LogP contribution in [-0.4, -0.2) is 35.7 Å². The molecule has 0 aliphatic rings. The van der Waals surface area contributed by atoms with Crippen LogP contribution in [-0.2, 0) is 9.53 Å². The molecule has 0 unspecified atom stereocenters. The van der Waals surface area contributed by atoms with Crippen LogP contribution in [0.4, 0.5) is 0 Å². The Morgan fingerprint density at radius 1 is 1.32 bits per heavy atom. The molecule has 1 atom stereocenters. The molecule has 2 N–H and O–H groups in total. The number of halogens is 1. The number of benzene rings is 1. The van der Waals surface area contributed by atoms with Crippen LogP contribution in [0.2, 0.25) is 0 Å². The number of ether oxygens (including phenoxy) is 2. The van der Waals surface area contributed by atoms with Gasteiger partial charge in [0.05, 0.1) is 17.1 Å². The van der Waals surface area contributed by atoms with Gasteiger partial charge in [0.1, 0.15) is 0 Å². The molecule has 7 heteroatoms. The fourth-order valence-corrected chi connectivity index (χ4v) is 2.04. The number of carbonyl (C=O) groups excluding carboxylic acids is 2. The molecule has 0 bridgehead atoms. The van der Waals surface area contributed by atoms with E-state index in [9.17, 15) is 14.7 Å². The fourth-order valence-electron chi connectivity index (χ4n) is 1.60. The van der Waals surface area contributed by atoms with Gasteiger partial charge in [-0.1, -0.05) is 0 Å². The van der Waals surface area contributed by atoms with Crippen molar-refractivity contribution in [3.05, 3.63) is 22.2 Å². The lowest BCUT2D eigenvalue weighted by Crippen LogP contribution is -2.46. The molecule has 6 nitrogen and oxygen atoms in total. The normalized spacial score (nSPS) is 12.5. The van der Waals surface area contributed by atoms with E-state index in [0.29, 0.717) is 4.47 Å². The number of phenolic OH excluding ortho intramolecular Hbond substituents is 1. The van der Waals surface area contributed by atoms with Gasteiger partial charge in [-0.05, 0) is 55.8 Å². The third-order valence-corrected chi connectivity index (χ3v) is 3.24. The Morgan fingerprint density at radius 2 is 1.91 bits per heavy atom. The smallest absolute Gasteiger partial charge is 0.339 e. The van der Waals surface area contributed by atoms with Crippen LogP contribution >= 0.6 is 15.9 Å². The number of phenols is 1. The molecule has 0 aromatic heterocycles. The summed E-state index contributed by atoms with van der Waals surface area (Å²) in [7, 11) is 1.37. The van der Waals surface area contributed by atoms with Crippen molar-refractivity contribution in [1.82, 2.24) is 5.32 Å². The molecule has 0 aliphatic heterocycles.